The van der Waals surface area contributed by atoms with Gasteiger partial charge in [0, 0.05) is 24.7 Å². The second kappa shape index (κ2) is 14.4. The minimum absolute atomic E-state index is 0.0721. The predicted octanol–water partition coefficient (Wildman–Crippen LogP) is -2.99. The van der Waals surface area contributed by atoms with Crippen LogP contribution in [0, 0.1) is 5.92 Å². The van der Waals surface area contributed by atoms with Crippen LogP contribution in [0.4, 0.5) is 0 Å². The molecule has 200 valence electrons. The molecule has 0 saturated heterocycles. The molecule has 11 N–H and O–H groups in total. The summed E-state index contributed by atoms with van der Waals surface area (Å²) < 4.78 is 0. The summed E-state index contributed by atoms with van der Waals surface area (Å²) in [6, 6.07) is -5.13. The quantitative estimate of drug-likeness (QED) is 0.112. The first kappa shape index (κ1) is 30.0. The van der Waals surface area contributed by atoms with Crippen molar-refractivity contribution >= 4 is 35.5 Å². The van der Waals surface area contributed by atoms with Gasteiger partial charge in [0.05, 0.1) is 18.8 Å². The smallest absolute Gasteiger partial charge is 0.326 e. The Labute approximate surface area is 207 Å². The Morgan fingerprint density at radius 3 is 2.14 bits per heavy atom. The SMILES string of the molecule is CCC(C)C(NC(=O)C(CCC(N)=O)NC(=O)C(N)CC(N)=O)C(=O)NC(Cc1cnc[nH]1)C(=O)O. The lowest BCUT2D eigenvalue weighted by Gasteiger charge is -2.28. The average Bonchev–Trinajstić information content (AvgIpc) is 3.31. The van der Waals surface area contributed by atoms with Gasteiger partial charge in [-0.25, -0.2) is 9.78 Å². The monoisotopic (exact) mass is 510 g/mol. The van der Waals surface area contributed by atoms with Crippen LogP contribution >= 0.6 is 0 Å². The van der Waals surface area contributed by atoms with Gasteiger partial charge in [0.1, 0.15) is 18.1 Å². The van der Waals surface area contributed by atoms with Gasteiger partial charge < -0.3 is 43.2 Å². The van der Waals surface area contributed by atoms with Crippen LogP contribution in [0.3, 0.4) is 0 Å². The van der Waals surface area contributed by atoms with Crippen LogP contribution in [0.2, 0.25) is 0 Å². The van der Waals surface area contributed by atoms with Gasteiger partial charge in [0.25, 0.3) is 0 Å². The highest BCUT2D eigenvalue weighted by molar-refractivity contribution is 5.95. The van der Waals surface area contributed by atoms with Gasteiger partial charge in [-0.15, -0.1) is 0 Å². The molecule has 0 saturated carbocycles. The zero-order chi connectivity index (χ0) is 27.4. The van der Waals surface area contributed by atoms with Gasteiger partial charge in [-0.1, -0.05) is 20.3 Å². The molecule has 0 aliphatic carbocycles. The number of nitrogens with two attached hydrogens (primary N) is 3. The number of carboxylic acid groups (broad SMARTS) is 1. The lowest BCUT2D eigenvalue weighted by atomic mass is 9.96. The van der Waals surface area contributed by atoms with E-state index in [0.29, 0.717) is 12.1 Å². The highest BCUT2D eigenvalue weighted by Gasteiger charge is 2.33. The van der Waals surface area contributed by atoms with Crippen LogP contribution in [0.25, 0.3) is 0 Å². The van der Waals surface area contributed by atoms with E-state index in [4.69, 9.17) is 17.2 Å². The van der Waals surface area contributed by atoms with Gasteiger partial charge in [-0.05, 0) is 12.3 Å². The topological polar surface area (TPSA) is 265 Å². The minimum atomic E-state index is -1.33. The molecule has 1 heterocycles. The maximum absolute atomic E-state index is 13.0. The molecule has 0 fully saturated rings. The molecule has 1 rings (SSSR count). The number of rotatable bonds is 16. The van der Waals surface area contributed by atoms with E-state index in [1.54, 1.807) is 13.8 Å². The second-order valence-corrected chi connectivity index (χ2v) is 8.40. The molecule has 0 aromatic carbocycles. The Morgan fingerprint density at radius 1 is 1.00 bits per heavy atom. The first-order valence-electron chi connectivity index (χ1n) is 11.3. The number of nitrogens with one attached hydrogen (secondary N) is 4. The number of aromatic nitrogens is 2. The van der Waals surface area contributed by atoms with Gasteiger partial charge in [-0.2, -0.15) is 0 Å². The van der Waals surface area contributed by atoms with Crippen molar-refractivity contribution in [1.29, 1.82) is 0 Å². The molecule has 1 aromatic rings. The number of carboxylic acids is 1. The van der Waals surface area contributed by atoms with Crippen molar-refractivity contribution in [3.05, 3.63) is 18.2 Å². The highest BCUT2D eigenvalue weighted by Crippen LogP contribution is 2.11. The van der Waals surface area contributed by atoms with E-state index >= 15 is 0 Å². The summed E-state index contributed by atoms with van der Waals surface area (Å²) in [7, 11) is 0. The highest BCUT2D eigenvalue weighted by atomic mass is 16.4. The van der Waals surface area contributed by atoms with Crippen LogP contribution in [0.15, 0.2) is 12.5 Å². The number of imidazole rings is 1. The van der Waals surface area contributed by atoms with Crippen molar-refractivity contribution in [1.82, 2.24) is 25.9 Å². The molecule has 15 heteroatoms. The first-order chi connectivity index (χ1) is 16.8. The van der Waals surface area contributed by atoms with Crippen LogP contribution in [-0.2, 0) is 35.2 Å². The molecule has 0 aliphatic heterocycles. The summed E-state index contributed by atoms with van der Waals surface area (Å²) in [5.74, 6) is -5.72. The Balaban J connectivity index is 3.03. The fraction of sp³-hybridized carbons (Fsp3) is 0.571. The van der Waals surface area contributed by atoms with E-state index < -0.39 is 72.0 Å². The van der Waals surface area contributed by atoms with E-state index in [-0.39, 0.29) is 19.3 Å². The standard InChI is InChI=1S/C21H34N8O7/c1-3-10(2)17(20(34)28-14(21(35)36)6-11-8-25-9-26-11)29-19(33)13(4-5-15(23)30)27-18(32)12(22)7-16(24)31/h8-10,12-14,17H,3-7,22H2,1-2H3,(H2,23,30)(H2,24,31)(H,25,26)(H,27,32)(H,28,34)(H,29,33)(H,35,36). The summed E-state index contributed by atoms with van der Waals surface area (Å²) in [4.78, 5) is 78.9. The third-order valence-corrected chi connectivity index (χ3v) is 5.46. The number of amides is 5. The van der Waals surface area contributed by atoms with E-state index in [1.807, 2.05) is 0 Å². The number of hydrogen-bond donors (Lipinski definition) is 8. The number of carbonyl (C=O) groups is 6. The molecular weight excluding hydrogens is 476 g/mol. The number of primary amides is 2. The van der Waals surface area contributed by atoms with Gasteiger partial charge in [-0.3, -0.25) is 24.0 Å². The van der Waals surface area contributed by atoms with Crippen molar-refractivity contribution in [2.24, 2.45) is 23.1 Å². The van der Waals surface area contributed by atoms with Gasteiger partial charge in [0.15, 0.2) is 0 Å². The molecule has 5 amide bonds. The number of H-pyrrole nitrogens is 1. The van der Waals surface area contributed by atoms with Crippen LogP contribution < -0.4 is 33.2 Å². The Bertz CT molecular complexity index is 937. The van der Waals surface area contributed by atoms with Crippen molar-refractivity contribution in [2.75, 3.05) is 0 Å². The van der Waals surface area contributed by atoms with Crippen LogP contribution in [0.1, 0.15) is 45.2 Å². The molecule has 0 spiro atoms. The van der Waals surface area contributed by atoms with Crippen molar-refractivity contribution in [2.45, 2.75) is 70.1 Å². The lowest BCUT2D eigenvalue weighted by Crippen LogP contribution is -2.59. The molecule has 0 bridgehead atoms. The molecule has 5 atom stereocenters. The van der Waals surface area contributed by atoms with Crippen LogP contribution in [0.5, 0.6) is 0 Å². The Hall–Kier alpha value is -4.01. The first-order valence-corrected chi connectivity index (χ1v) is 11.3. The number of aromatic amines is 1. The molecule has 36 heavy (non-hydrogen) atoms. The predicted molar refractivity (Wildman–Crippen MR) is 125 cm³/mol. The largest absolute Gasteiger partial charge is 0.480 e. The molecule has 0 aliphatic rings. The third-order valence-electron chi connectivity index (χ3n) is 5.46. The van der Waals surface area contributed by atoms with E-state index in [1.165, 1.54) is 12.5 Å². The van der Waals surface area contributed by atoms with Crippen molar-refractivity contribution in [3.8, 4) is 0 Å². The lowest BCUT2D eigenvalue weighted by molar-refractivity contribution is -0.142. The molecule has 1 aromatic heterocycles. The zero-order valence-corrected chi connectivity index (χ0v) is 20.2. The summed E-state index contributed by atoms with van der Waals surface area (Å²) in [6.45, 7) is 3.44. The fourth-order valence-corrected chi connectivity index (χ4v) is 3.18. The minimum Gasteiger partial charge on any atom is -0.480 e. The second-order valence-electron chi connectivity index (χ2n) is 8.40. The van der Waals surface area contributed by atoms with Crippen molar-refractivity contribution in [3.63, 3.8) is 0 Å². The van der Waals surface area contributed by atoms with E-state index in [2.05, 4.69) is 25.9 Å². The van der Waals surface area contributed by atoms with E-state index in [9.17, 15) is 33.9 Å². The maximum Gasteiger partial charge on any atom is 0.326 e. The zero-order valence-electron chi connectivity index (χ0n) is 20.2. The summed E-state index contributed by atoms with van der Waals surface area (Å²) in [5.41, 5.74) is 16.3. The molecular formula is C21H34N8O7. The maximum atomic E-state index is 13.0. The normalized spacial score (nSPS) is 15.0. The average molecular weight is 511 g/mol. The Morgan fingerprint density at radius 2 is 1.64 bits per heavy atom. The molecule has 5 unspecified atom stereocenters. The van der Waals surface area contributed by atoms with Gasteiger partial charge in [0.2, 0.25) is 29.5 Å². The third kappa shape index (κ3) is 10.1. The molecule has 15 nitrogen and oxygen atoms in total. The summed E-state index contributed by atoms with van der Waals surface area (Å²) >= 11 is 0. The molecule has 0 radical (unpaired) electrons. The summed E-state index contributed by atoms with van der Waals surface area (Å²) in [5, 5.41) is 16.8. The number of nitrogens with zero attached hydrogens (tertiary/aromatic N) is 1. The Kier molecular flexibility index (Phi) is 12.0. The van der Waals surface area contributed by atoms with Crippen LogP contribution in [-0.4, -0.2) is 74.7 Å². The fourth-order valence-electron chi connectivity index (χ4n) is 3.18. The van der Waals surface area contributed by atoms with Gasteiger partial charge >= 0.3 is 5.97 Å². The number of hydrogen-bond acceptors (Lipinski definition) is 8. The number of aliphatic carboxylic acids is 1. The van der Waals surface area contributed by atoms with Crippen molar-refractivity contribution < 1.29 is 33.9 Å². The number of carbonyl (C=O) groups excluding carboxylic acids is 5. The summed E-state index contributed by atoms with van der Waals surface area (Å²) in [6.07, 6.45) is 2.22. The van der Waals surface area contributed by atoms with E-state index in [0.717, 1.165) is 0 Å².